The summed E-state index contributed by atoms with van der Waals surface area (Å²) in [4.78, 5) is 12.6. The van der Waals surface area contributed by atoms with E-state index in [9.17, 15) is 5.11 Å². The SMILES string of the molecule is Oc1cccc2ccc(-c3nccc4c3[nH]c3ccccc34)nc12. The van der Waals surface area contributed by atoms with E-state index in [-0.39, 0.29) is 5.75 Å². The smallest absolute Gasteiger partial charge is 0.141 e. The van der Waals surface area contributed by atoms with Gasteiger partial charge in [0.25, 0.3) is 0 Å². The van der Waals surface area contributed by atoms with Crippen LogP contribution in [0.5, 0.6) is 5.75 Å². The molecule has 0 atom stereocenters. The number of hydrogen-bond acceptors (Lipinski definition) is 3. The Morgan fingerprint density at radius 3 is 2.71 bits per heavy atom. The lowest BCUT2D eigenvalue weighted by atomic mass is 10.1. The number of H-pyrrole nitrogens is 1. The van der Waals surface area contributed by atoms with Crippen LogP contribution in [0.2, 0.25) is 0 Å². The van der Waals surface area contributed by atoms with Crippen LogP contribution in [0.3, 0.4) is 0 Å². The quantitative estimate of drug-likeness (QED) is 0.474. The minimum absolute atomic E-state index is 0.179. The van der Waals surface area contributed by atoms with Gasteiger partial charge in [-0.1, -0.05) is 36.4 Å². The lowest BCUT2D eigenvalue weighted by Gasteiger charge is -2.05. The summed E-state index contributed by atoms with van der Waals surface area (Å²) in [5.41, 5.74) is 4.14. The Bertz CT molecular complexity index is 1220. The summed E-state index contributed by atoms with van der Waals surface area (Å²) in [5.74, 6) is 0.179. The number of pyridine rings is 2. The molecule has 0 spiro atoms. The van der Waals surface area contributed by atoms with Crippen molar-refractivity contribution >= 4 is 32.7 Å². The molecule has 4 nitrogen and oxygen atoms in total. The topological polar surface area (TPSA) is 61.8 Å². The van der Waals surface area contributed by atoms with Gasteiger partial charge in [0.05, 0.1) is 11.2 Å². The van der Waals surface area contributed by atoms with Gasteiger partial charge in [0, 0.05) is 27.9 Å². The highest BCUT2D eigenvalue weighted by Gasteiger charge is 2.12. The molecule has 0 radical (unpaired) electrons. The predicted octanol–water partition coefficient (Wildman–Crippen LogP) is 4.64. The van der Waals surface area contributed by atoms with E-state index in [2.05, 4.69) is 27.1 Å². The predicted molar refractivity (Wildman–Crippen MR) is 96.0 cm³/mol. The van der Waals surface area contributed by atoms with Crippen LogP contribution in [0, 0.1) is 0 Å². The molecule has 0 amide bonds. The van der Waals surface area contributed by atoms with E-state index in [1.807, 2.05) is 42.5 Å². The molecule has 3 heterocycles. The van der Waals surface area contributed by atoms with Gasteiger partial charge in [-0.15, -0.1) is 0 Å². The maximum atomic E-state index is 10.1. The largest absolute Gasteiger partial charge is 0.506 e. The van der Waals surface area contributed by atoms with Crippen molar-refractivity contribution in [1.82, 2.24) is 15.0 Å². The molecule has 0 fully saturated rings. The molecule has 0 aliphatic rings. The number of phenols is 1. The molecular weight excluding hydrogens is 298 g/mol. The zero-order chi connectivity index (χ0) is 16.1. The molecular formula is C20H13N3O. The van der Waals surface area contributed by atoms with Gasteiger partial charge in [-0.05, 0) is 24.3 Å². The van der Waals surface area contributed by atoms with Gasteiger partial charge >= 0.3 is 0 Å². The molecule has 0 saturated heterocycles. The number of hydrogen-bond donors (Lipinski definition) is 2. The molecule has 4 heteroatoms. The Labute approximate surface area is 137 Å². The van der Waals surface area contributed by atoms with Crippen LogP contribution in [0.4, 0.5) is 0 Å². The average molecular weight is 311 g/mol. The first-order chi connectivity index (χ1) is 11.8. The first kappa shape index (κ1) is 13.1. The Hall–Kier alpha value is -3.40. The maximum Gasteiger partial charge on any atom is 0.141 e. The Balaban J connectivity index is 1.84. The van der Waals surface area contributed by atoms with Crippen molar-refractivity contribution in [2.45, 2.75) is 0 Å². The number of para-hydroxylation sites is 2. The summed E-state index contributed by atoms with van der Waals surface area (Å²) >= 11 is 0. The van der Waals surface area contributed by atoms with E-state index in [0.717, 1.165) is 33.2 Å². The van der Waals surface area contributed by atoms with Crippen molar-refractivity contribution in [3.63, 3.8) is 0 Å². The number of aromatic amines is 1. The lowest BCUT2D eigenvalue weighted by molar-refractivity contribution is 0.480. The van der Waals surface area contributed by atoms with E-state index in [1.54, 1.807) is 12.3 Å². The minimum Gasteiger partial charge on any atom is -0.506 e. The second-order valence-electron chi connectivity index (χ2n) is 5.80. The first-order valence-electron chi connectivity index (χ1n) is 7.76. The van der Waals surface area contributed by atoms with Crippen molar-refractivity contribution in [2.24, 2.45) is 0 Å². The molecule has 0 bridgehead atoms. The molecule has 0 unspecified atom stereocenters. The van der Waals surface area contributed by atoms with Crippen molar-refractivity contribution in [3.05, 3.63) is 66.9 Å². The molecule has 114 valence electrons. The van der Waals surface area contributed by atoms with Crippen LogP contribution >= 0.6 is 0 Å². The Morgan fingerprint density at radius 2 is 1.75 bits per heavy atom. The fraction of sp³-hybridized carbons (Fsp3) is 0. The van der Waals surface area contributed by atoms with Crippen LogP contribution in [-0.2, 0) is 0 Å². The second kappa shape index (κ2) is 4.80. The highest BCUT2D eigenvalue weighted by Crippen LogP contribution is 2.32. The molecule has 0 aliphatic carbocycles. The zero-order valence-corrected chi connectivity index (χ0v) is 12.7. The Morgan fingerprint density at radius 1 is 0.833 bits per heavy atom. The number of aromatic nitrogens is 3. The molecule has 2 aromatic carbocycles. The number of nitrogens with one attached hydrogen (secondary N) is 1. The monoisotopic (exact) mass is 311 g/mol. The third kappa shape index (κ3) is 1.80. The number of rotatable bonds is 1. The minimum atomic E-state index is 0.179. The molecule has 2 N–H and O–H groups in total. The fourth-order valence-electron chi connectivity index (χ4n) is 3.23. The summed E-state index contributed by atoms with van der Waals surface area (Å²) in [6.07, 6.45) is 1.80. The van der Waals surface area contributed by atoms with Crippen molar-refractivity contribution in [3.8, 4) is 17.1 Å². The second-order valence-corrected chi connectivity index (χ2v) is 5.80. The van der Waals surface area contributed by atoms with Crippen LogP contribution in [0.15, 0.2) is 66.9 Å². The van der Waals surface area contributed by atoms with Crippen LogP contribution in [0.1, 0.15) is 0 Å². The summed E-state index contributed by atoms with van der Waals surface area (Å²) in [5, 5.41) is 13.3. The van der Waals surface area contributed by atoms with E-state index >= 15 is 0 Å². The van der Waals surface area contributed by atoms with Crippen LogP contribution in [0.25, 0.3) is 44.1 Å². The third-order valence-electron chi connectivity index (χ3n) is 4.37. The van der Waals surface area contributed by atoms with Crippen molar-refractivity contribution in [1.29, 1.82) is 0 Å². The highest BCUT2D eigenvalue weighted by atomic mass is 16.3. The van der Waals surface area contributed by atoms with Crippen molar-refractivity contribution < 1.29 is 5.11 Å². The number of aromatic hydroxyl groups is 1. The molecule has 3 aromatic heterocycles. The molecule has 24 heavy (non-hydrogen) atoms. The van der Waals surface area contributed by atoms with Gasteiger partial charge < -0.3 is 10.1 Å². The zero-order valence-electron chi connectivity index (χ0n) is 12.7. The standard InChI is InChI=1S/C20H13N3O/c24-17-7-3-4-12-8-9-16(23-18(12)17)20-19-14(10-11-21-20)13-5-1-2-6-15(13)22-19/h1-11,22,24H. The third-order valence-corrected chi connectivity index (χ3v) is 4.37. The summed E-state index contributed by atoms with van der Waals surface area (Å²) < 4.78 is 0. The fourth-order valence-corrected chi connectivity index (χ4v) is 3.23. The normalized spacial score (nSPS) is 11.5. The molecule has 0 aliphatic heterocycles. The number of fused-ring (bicyclic) bond motifs is 4. The number of nitrogens with zero attached hydrogens (tertiary/aromatic N) is 2. The maximum absolute atomic E-state index is 10.1. The van der Waals surface area contributed by atoms with Crippen LogP contribution < -0.4 is 0 Å². The first-order valence-corrected chi connectivity index (χ1v) is 7.76. The summed E-state index contributed by atoms with van der Waals surface area (Å²) in [7, 11) is 0. The summed E-state index contributed by atoms with van der Waals surface area (Å²) in [6, 6.07) is 19.5. The van der Waals surface area contributed by atoms with E-state index in [1.165, 1.54) is 5.39 Å². The molecule has 0 saturated carbocycles. The average Bonchev–Trinajstić information content (AvgIpc) is 3.01. The highest BCUT2D eigenvalue weighted by molar-refractivity contribution is 6.10. The van der Waals surface area contributed by atoms with E-state index < -0.39 is 0 Å². The van der Waals surface area contributed by atoms with Gasteiger partial charge in [-0.2, -0.15) is 0 Å². The van der Waals surface area contributed by atoms with E-state index in [4.69, 9.17) is 0 Å². The van der Waals surface area contributed by atoms with Gasteiger partial charge in [0.15, 0.2) is 0 Å². The molecule has 5 rings (SSSR count). The van der Waals surface area contributed by atoms with E-state index in [0.29, 0.717) is 5.52 Å². The number of benzene rings is 2. The molecule has 5 aromatic rings. The Kier molecular flexibility index (Phi) is 2.61. The summed E-state index contributed by atoms with van der Waals surface area (Å²) in [6.45, 7) is 0. The number of phenolic OH excluding ortho intramolecular Hbond substituents is 1. The lowest BCUT2D eigenvalue weighted by Crippen LogP contribution is -1.90. The van der Waals surface area contributed by atoms with Gasteiger partial charge in [0.2, 0.25) is 0 Å². The van der Waals surface area contributed by atoms with Gasteiger partial charge in [-0.25, -0.2) is 4.98 Å². The van der Waals surface area contributed by atoms with Gasteiger partial charge in [-0.3, -0.25) is 4.98 Å². The van der Waals surface area contributed by atoms with Crippen LogP contribution in [-0.4, -0.2) is 20.1 Å². The van der Waals surface area contributed by atoms with Crippen molar-refractivity contribution in [2.75, 3.05) is 0 Å². The van der Waals surface area contributed by atoms with Gasteiger partial charge in [0.1, 0.15) is 17.0 Å².